The van der Waals surface area contributed by atoms with Gasteiger partial charge in [-0.3, -0.25) is 0 Å². The molecule has 0 unspecified atom stereocenters. The van der Waals surface area contributed by atoms with Crippen molar-refractivity contribution in [2.24, 2.45) is 0 Å². The van der Waals surface area contributed by atoms with Gasteiger partial charge < -0.3 is 9.31 Å². The highest BCUT2D eigenvalue weighted by Gasteiger charge is 2.56. The van der Waals surface area contributed by atoms with E-state index in [1.807, 2.05) is 0 Å². The Morgan fingerprint density at radius 3 is 1.23 bits per heavy atom. The lowest BCUT2D eigenvalue weighted by Gasteiger charge is -2.25. The summed E-state index contributed by atoms with van der Waals surface area (Å²) in [6, 6.07) is 0.0177. The van der Waals surface area contributed by atoms with E-state index in [1.54, 1.807) is 0 Å². The lowest BCUT2D eigenvalue weighted by Crippen LogP contribution is -2.47. The molecule has 26 heteroatoms. The summed E-state index contributed by atoms with van der Waals surface area (Å²) in [5.41, 5.74) is -13.2. The topological polar surface area (TPSA) is 18.5 Å². The lowest BCUT2D eigenvalue weighted by molar-refractivity contribution is 0.0404. The van der Waals surface area contributed by atoms with Gasteiger partial charge in [0.15, 0.2) is 116 Å². The molecule has 9 rings (SSSR count). The van der Waals surface area contributed by atoms with E-state index in [1.165, 1.54) is 0 Å². The van der Waals surface area contributed by atoms with E-state index < -0.39 is 218 Å². The van der Waals surface area contributed by atoms with Crippen LogP contribution in [0.3, 0.4) is 0 Å². The summed E-state index contributed by atoms with van der Waals surface area (Å²) in [5.74, 6) is -71.7. The van der Waals surface area contributed by atoms with Gasteiger partial charge in [-0.15, -0.1) is 0 Å². The number of alkyl halides is 2. The zero-order valence-electron chi connectivity index (χ0n) is 29.7. The Balaban J connectivity index is 1.47. The maximum Gasteiger partial charge on any atom is 0.636 e. The molecule has 8 aromatic carbocycles. The number of benzene rings is 8. The minimum absolute atomic E-state index is 0.0385. The van der Waals surface area contributed by atoms with Gasteiger partial charge in [-0.1, -0.05) is 0 Å². The normalized spacial score (nSPS) is 13.3. The van der Waals surface area contributed by atoms with E-state index in [9.17, 15) is 30.7 Å². The molecule has 334 valence electrons. The molecule has 0 aromatic heterocycles. The zero-order chi connectivity index (χ0) is 47.7. The summed E-state index contributed by atoms with van der Waals surface area (Å²) in [6.07, 6.45) is 0. The Morgan fingerprint density at radius 2 is 0.677 bits per heavy atom. The van der Waals surface area contributed by atoms with Gasteiger partial charge in [0.05, 0.1) is 38.1 Å². The van der Waals surface area contributed by atoms with E-state index in [4.69, 9.17) is 9.31 Å². The second-order valence-corrected chi connectivity index (χ2v) is 13.7. The summed E-state index contributed by atoms with van der Waals surface area (Å²) in [5, 5.41) is -16.8. The smallest absolute Gasteiger partial charge is 0.519 e. The van der Waals surface area contributed by atoms with Crippen molar-refractivity contribution in [2.75, 3.05) is 0 Å². The van der Waals surface area contributed by atoms with Crippen LogP contribution in [0.5, 0.6) is 11.5 Å². The molecule has 8 aromatic rings. The first kappa shape index (κ1) is 43.4. The largest absolute Gasteiger partial charge is 0.636 e. The molecule has 0 radical (unpaired) electrons. The van der Waals surface area contributed by atoms with Crippen LogP contribution in [-0.4, -0.2) is 7.12 Å². The van der Waals surface area contributed by atoms with Crippen molar-refractivity contribution in [3.8, 4) is 22.6 Å². The van der Waals surface area contributed by atoms with E-state index in [0.29, 0.717) is 0 Å². The molecule has 0 spiro atoms. The third-order valence-electron chi connectivity index (χ3n) is 10.5. The van der Waals surface area contributed by atoms with Gasteiger partial charge >= 0.3 is 13.0 Å². The van der Waals surface area contributed by atoms with E-state index in [-0.39, 0.29) is 12.1 Å². The Bertz CT molecular complexity index is 3530. The molecule has 1 aliphatic rings. The SMILES string of the molecule is Fc1ccc2c(OB(Oc3c(F)c(F)c(F)c4c3C(F)(F)c3c(F)c(F)c(F)c(F)c3-4)c3c(F)c(F)c4c(F)c(F)c5c(F)c(F)c(F)c6c(F)c(F)c3c4c56)c(F)c(F)c(F)c2c1F. The van der Waals surface area contributed by atoms with Gasteiger partial charge in [-0.25, -0.2) is 83.4 Å². The van der Waals surface area contributed by atoms with E-state index >= 15 is 70.2 Å². The Labute approximate surface area is 340 Å². The van der Waals surface area contributed by atoms with Crippen molar-refractivity contribution in [3.63, 3.8) is 0 Å². The fourth-order valence-electron chi connectivity index (χ4n) is 7.79. The molecule has 2 nitrogen and oxygen atoms in total. The zero-order valence-corrected chi connectivity index (χ0v) is 29.7. The van der Waals surface area contributed by atoms with Crippen molar-refractivity contribution in [2.45, 2.75) is 5.92 Å². The monoisotopic (exact) mass is 950 g/mol. The summed E-state index contributed by atoms with van der Waals surface area (Å²) in [6.45, 7) is 0. The predicted octanol–water partition coefficient (Wildman–Crippen LogP) is 12.6. The molecule has 0 aliphatic heterocycles. The van der Waals surface area contributed by atoms with Gasteiger partial charge in [-0.2, -0.15) is 17.6 Å². The summed E-state index contributed by atoms with van der Waals surface area (Å²) >= 11 is 0. The molecule has 0 bridgehead atoms. The molecule has 0 heterocycles. The lowest BCUT2D eigenvalue weighted by atomic mass is 9.72. The van der Waals surface area contributed by atoms with Gasteiger partial charge in [-0.05, 0) is 12.1 Å². The van der Waals surface area contributed by atoms with Gasteiger partial charge in [0, 0.05) is 32.7 Å². The van der Waals surface area contributed by atoms with Crippen LogP contribution in [0.2, 0.25) is 0 Å². The van der Waals surface area contributed by atoms with Gasteiger partial charge in [0.25, 0.3) is 0 Å². The van der Waals surface area contributed by atoms with Crippen LogP contribution in [0.25, 0.3) is 54.2 Å². The van der Waals surface area contributed by atoms with Gasteiger partial charge in [0.1, 0.15) is 5.75 Å². The molecular weight excluding hydrogens is 948 g/mol. The van der Waals surface area contributed by atoms with Crippen molar-refractivity contribution >= 4 is 55.7 Å². The first-order chi connectivity index (χ1) is 30.3. The second-order valence-electron chi connectivity index (χ2n) is 13.7. The summed E-state index contributed by atoms with van der Waals surface area (Å²) in [4.78, 5) is 0. The van der Waals surface area contributed by atoms with Crippen LogP contribution >= 0.6 is 0 Å². The van der Waals surface area contributed by atoms with Crippen molar-refractivity contribution in [1.29, 1.82) is 0 Å². The summed E-state index contributed by atoms with van der Waals surface area (Å²) in [7, 11) is -4.22. The quantitative estimate of drug-likeness (QED) is 0.0563. The molecule has 1 aliphatic carbocycles. The fraction of sp³-hybridized carbons (Fsp3) is 0.0256. The average molecular weight is 950 g/mol. The van der Waals surface area contributed by atoms with Crippen LogP contribution < -0.4 is 14.8 Å². The highest BCUT2D eigenvalue weighted by molar-refractivity contribution is 6.66. The van der Waals surface area contributed by atoms with E-state index in [2.05, 4.69) is 0 Å². The van der Waals surface area contributed by atoms with Gasteiger partial charge in [0.2, 0.25) is 11.6 Å². The molecule has 0 atom stereocenters. The highest BCUT2D eigenvalue weighted by atomic mass is 19.3. The standard InChI is InChI=1S/C39H2BF23O2/c41-4-2-1-3-5(17(4)42)18(43)32(57)35(60)37(3)64-40(65-38-15-9(20(45)33(58)36(38)61)8-14(39(15,62)63)28(53)34(59)31(56)19(8)44)16-10-6-7-12(22(47)21(10)46)26(51)30(55)27(52)13(7)24(49)23(48)11(6)25(50)29(16)54/h1-2H. The fourth-order valence-corrected chi connectivity index (χ4v) is 7.79. The maximum atomic E-state index is 16.6. The minimum Gasteiger partial charge on any atom is -0.519 e. The number of hydrogen-bond donors (Lipinski definition) is 0. The highest BCUT2D eigenvalue weighted by Crippen LogP contribution is 2.59. The number of hydrogen-bond acceptors (Lipinski definition) is 2. The number of fused-ring (bicyclic) bond motifs is 4. The molecule has 0 saturated carbocycles. The Kier molecular flexibility index (Phi) is 9.22. The van der Waals surface area contributed by atoms with Crippen molar-refractivity contribution in [3.05, 3.63) is 145 Å². The summed E-state index contributed by atoms with van der Waals surface area (Å²) < 4.78 is 363. The van der Waals surface area contributed by atoms with Crippen molar-refractivity contribution in [1.82, 2.24) is 0 Å². The second kappa shape index (κ2) is 13.8. The first-order valence-corrected chi connectivity index (χ1v) is 16.9. The first-order valence-electron chi connectivity index (χ1n) is 16.9. The third-order valence-corrected chi connectivity index (χ3v) is 10.5. The molecule has 65 heavy (non-hydrogen) atoms. The molecule has 0 amide bonds. The average Bonchev–Trinajstić information content (AvgIpc) is 3.51. The van der Waals surface area contributed by atoms with Crippen LogP contribution in [0.4, 0.5) is 101 Å². The molecule has 0 saturated heterocycles. The van der Waals surface area contributed by atoms with Crippen LogP contribution in [0.15, 0.2) is 12.1 Å². The van der Waals surface area contributed by atoms with Crippen LogP contribution in [0, 0.1) is 122 Å². The minimum atomic E-state index is -5.77. The van der Waals surface area contributed by atoms with Crippen molar-refractivity contribution < 1.29 is 110 Å². The molecule has 0 N–H and O–H groups in total. The number of halogens is 23. The Morgan fingerprint density at radius 1 is 0.308 bits per heavy atom. The molecular formula is C39H2BF23O2. The Hall–Kier alpha value is -6.89. The van der Waals surface area contributed by atoms with E-state index in [0.717, 1.165) is 0 Å². The molecule has 0 fully saturated rings. The number of rotatable bonds is 5. The van der Waals surface area contributed by atoms with Crippen LogP contribution in [0.1, 0.15) is 11.1 Å². The third kappa shape index (κ3) is 5.23. The van der Waals surface area contributed by atoms with Crippen LogP contribution in [-0.2, 0) is 5.92 Å². The maximum absolute atomic E-state index is 16.6. The predicted molar refractivity (Wildman–Crippen MR) is 175 cm³/mol.